The molecule has 1 aromatic rings. The van der Waals surface area contributed by atoms with Gasteiger partial charge in [0.1, 0.15) is 11.6 Å². The van der Waals surface area contributed by atoms with Crippen LogP contribution in [0.2, 0.25) is 5.02 Å². The van der Waals surface area contributed by atoms with Gasteiger partial charge in [-0.2, -0.15) is 5.48 Å². The van der Waals surface area contributed by atoms with E-state index < -0.39 is 11.9 Å². The van der Waals surface area contributed by atoms with Gasteiger partial charge in [0.15, 0.2) is 12.7 Å². The normalized spacial score (nSPS) is 31.2. The molecule has 176 valence electrons. The van der Waals surface area contributed by atoms with Crippen molar-refractivity contribution in [3.63, 3.8) is 0 Å². The second-order valence-electron chi connectivity index (χ2n) is 9.67. The average molecular weight is 468 g/mol. The Balaban J connectivity index is 1.23. The lowest BCUT2D eigenvalue weighted by atomic mass is 9.60. The molecule has 32 heavy (non-hydrogen) atoms. The number of benzene rings is 1. The second kappa shape index (κ2) is 9.93. The molecule has 1 saturated heterocycles. The fourth-order valence-corrected chi connectivity index (χ4v) is 5.14. The zero-order valence-corrected chi connectivity index (χ0v) is 19.2. The van der Waals surface area contributed by atoms with E-state index in [4.69, 9.17) is 21.2 Å². The summed E-state index contributed by atoms with van der Waals surface area (Å²) in [6.07, 6.45) is 3.83. The Morgan fingerprint density at radius 1 is 1.19 bits per heavy atom. The van der Waals surface area contributed by atoms with Crippen LogP contribution in [0.25, 0.3) is 0 Å². The van der Waals surface area contributed by atoms with E-state index in [2.05, 4.69) is 30.0 Å². The van der Waals surface area contributed by atoms with Crippen LogP contribution in [-0.2, 0) is 14.4 Å². The molecule has 3 aliphatic carbocycles. The number of halogens is 2. The van der Waals surface area contributed by atoms with Gasteiger partial charge < -0.3 is 15.4 Å². The quantitative estimate of drug-likeness (QED) is 0.547. The molecule has 4 aliphatic rings. The molecular formula is C23H31ClFN3O4. The smallest absolute Gasteiger partial charge is 0.258 e. The molecular weight excluding hydrogens is 437 g/mol. The zero-order chi connectivity index (χ0) is 22.8. The lowest BCUT2D eigenvalue weighted by Crippen LogP contribution is -2.60. The van der Waals surface area contributed by atoms with Gasteiger partial charge in [-0.3, -0.25) is 14.4 Å². The number of hydrogen-bond donors (Lipinski definition) is 3. The van der Waals surface area contributed by atoms with Crippen molar-refractivity contribution in [3.05, 3.63) is 29.0 Å². The number of hydroxylamine groups is 1. The van der Waals surface area contributed by atoms with E-state index in [0.717, 1.165) is 25.3 Å². The van der Waals surface area contributed by atoms with Gasteiger partial charge in [-0.1, -0.05) is 25.4 Å². The third kappa shape index (κ3) is 5.53. The van der Waals surface area contributed by atoms with Crippen molar-refractivity contribution in [2.75, 3.05) is 6.61 Å². The summed E-state index contributed by atoms with van der Waals surface area (Å²) in [6, 6.07) is 4.28. The average Bonchev–Trinajstić information content (AvgIpc) is 3.16. The highest BCUT2D eigenvalue weighted by Crippen LogP contribution is 2.45. The molecule has 0 aromatic heterocycles. The van der Waals surface area contributed by atoms with Crippen LogP contribution in [0.5, 0.6) is 5.75 Å². The first kappa shape index (κ1) is 23.3. The van der Waals surface area contributed by atoms with Crippen molar-refractivity contribution in [1.82, 2.24) is 16.1 Å². The van der Waals surface area contributed by atoms with Gasteiger partial charge in [0.25, 0.3) is 11.8 Å². The number of rotatable bonds is 8. The van der Waals surface area contributed by atoms with Crippen LogP contribution in [0.15, 0.2) is 18.2 Å². The van der Waals surface area contributed by atoms with E-state index in [1.807, 2.05) is 0 Å². The summed E-state index contributed by atoms with van der Waals surface area (Å²) < 4.78 is 18.9. The van der Waals surface area contributed by atoms with Crippen molar-refractivity contribution in [3.8, 4) is 5.75 Å². The van der Waals surface area contributed by atoms with Gasteiger partial charge in [-0.25, -0.2) is 4.39 Å². The summed E-state index contributed by atoms with van der Waals surface area (Å²) in [6.45, 7) is 4.10. The molecule has 1 aliphatic heterocycles. The number of amides is 2. The van der Waals surface area contributed by atoms with E-state index in [1.165, 1.54) is 12.1 Å². The van der Waals surface area contributed by atoms with Crippen LogP contribution >= 0.6 is 11.6 Å². The fraction of sp³-hybridized carbons (Fsp3) is 0.652. The number of hydrogen-bond acceptors (Lipinski definition) is 5. The highest BCUT2D eigenvalue weighted by atomic mass is 35.5. The minimum Gasteiger partial charge on any atom is -0.484 e. The first-order valence-corrected chi connectivity index (χ1v) is 11.7. The second-order valence-corrected chi connectivity index (χ2v) is 10.1. The van der Waals surface area contributed by atoms with Crippen molar-refractivity contribution in [2.45, 2.75) is 70.2 Å². The van der Waals surface area contributed by atoms with Gasteiger partial charge in [0.05, 0.1) is 5.02 Å². The third-order valence-corrected chi connectivity index (χ3v) is 7.02. The maximum Gasteiger partial charge on any atom is 0.258 e. The summed E-state index contributed by atoms with van der Waals surface area (Å²) in [7, 11) is 0. The standard InChI is InChI=1S/C23H31ClFN3O4/c1-12(2)5-15-8-21(32-28-15)23(30)27-20-10-19(13-6-14(20)7-13)26-22(29)11-31-16-3-4-17(24)18(25)9-16/h3-4,9,12-15,19-21,28H,5-8,10-11H2,1-2H3,(H,26,29)(H,27,30)/t13?,14?,15?,19?,20-,21?/m1/s1. The highest BCUT2D eigenvalue weighted by Gasteiger charge is 2.47. The Morgan fingerprint density at radius 3 is 2.59 bits per heavy atom. The summed E-state index contributed by atoms with van der Waals surface area (Å²) in [5.41, 5.74) is 2.98. The van der Waals surface area contributed by atoms with Crippen LogP contribution in [0.3, 0.4) is 0 Å². The predicted molar refractivity (Wildman–Crippen MR) is 117 cm³/mol. The van der Waals surface area contributed by atoms with E-state index >= 15 is 0 Å². The Hall–Kier alpha value is -1.90. The molecule has 9 heteroatoms. The Bertz CT molecular complexity index is 849. The molecule has 3 saturated carbocycles. The number of nitrogens with one attached hydrogen (secondary N) is 3. The topological polar surface area (TPSA) is 88.7 Å². The molecule has 2 bridgehead atoms. The molecule has 4 fully saturated rings. The largest absolute Gasteiger partial charge is 0.484 e. The van der Waals surface area contributed by atoms with Gasteiger partial charge >= 0.3 is 0 Å². The Morgan fingerprint density at radius 2 is 1.91 bits per heavy atom. The lowest BCUT2D eigenvalue weighted by molar-refractivity contribution is -0.135. The molecule has 4 atom stereocenters. The van der Waals surface area contributed by atoms with Crippen molar-refractivity contribution >= 4 is 23.4 Å². The van der Waals surface area contributed by atoms with Crippen LogP contribution in [0.4, 0.5) is 4.39 Å². The van der Waals surface area contributed by atoms with Gasteiger partial charge in [-0.05, 0) is 55.6 Å². The SMILES string of the molecule is CC(C)CC1CC(C(=O)N[C@@H]2CC(NC(=O)COc3ccc(Cl)c(F)c3)C3CC2C3)ON1. The monoisotopic (exact) mass is 467 g/mol. The Kier molecular flexibility index (Phi) is 7.22. The van der Waals surface area contributed by atoms with E-state index in [-0.39, 0.29) is 47.3 Å². The summed E-state index contributed by atoms with van der Waals surface area (Å²) in [4.78, 5) is 30.6. The van der Waals surface area contributed by atoms with Crippen LogP contribution in [-0.4, -0.2) is 42.7 Å². The van der Waals surface area contributed by atoms with Crippen LogP contribution in [0.1, 0.15) is 46.0 Å². The molecule has 5 rings (SSSR count). The number of fused-ring (bicyclic) bond motifs is 2. The van der Waals surface area contributed by atoms with E-state index in [1.54, 1.807) is 0 Å². The number of carbonyl (C=O) groups excluding carboxylic acids is 2. The zero-order valence-electron chi connectivity index (χ0n) is 18.4. The summed E-state index contributed by atoms with van der Waals surface area (Å²) in [5.74, 6) is 0.720. The summed E-state index contributed by atoms with van der Waals surface area (Å²) in [5, 5.41) is 6.19. The first-order valence-electron chi connectivity index (χ1n) is 11.4. The van der Waals surface area contributed by atoms with E-state index in [0.29, 0.717) is 30.6 Å². The molecule has 2 amide bonds. The third-order valence-electron chi connectivity index (χ3n) is 6.72. The fourth-order valence-electron chi connectivity index (χ4n) is 5.02. The van der Waals surface area contributed by atoms with E-state index in [9.17, 15) is 14.0 Å². The van der Waals surface area contributed by atoms with Crippen LogP contribution in [0, 0.1) is 23.6 Å². The number of ether oxygens (including phenoxy) is 1. The molecule has 3 unspecified atom stereocenters. The maximum absolute atomic E-state index is 13.5. The minimum atomic E-state index is -0.590. The highest BCUT2D eigenvalue weighted by molar-refractivity contribution is 6.30. The summed E-state index contributed by atoms with van der Waals surface area (Å²) >= 11 is 5.66. The molecule has 1 heterocycles. The maximum atomic E-state index is 13.5. The van der Waals surface area contributed by atoms with Gasteiger partial charge in [-0.15, -0.1) is 0 Å². The van der Waals surface area contributed by atoms with Crippen LogP contribution < -0.4 is 20.9 Å². The molecule has 1 aromatic carbocycles. The van der Waals surface area contributed by atoms with Crippen molar-refractivity contribution < 1.29 is 23.6 Å². The van der Waals surface area contributed by atoms with Crippen molar-refractivity contribution in [1.29, 1.82) is 0 Å². The Labute approximate surface area is 192 Å². The lowest BCUT2D eigenvalue weighted by Gasteiger charge is -2.51. The predicted octanol–water partition coefficient (Wildman–Crippen LogP) is 2.97. The van der Waals surface area contributed by atoms with Gasteiger partial charge in [0, 0.05) is 30.6 Å². The van der Waals surface area contributed by atoms with Gasteiger partial charge in [0.2, 0.25) is 0 Å². The molecule has 3 N–H and O–H groups in total. The van der Waals surface area contributed by atoms with Crippen molar-refractivity contribution in [2.24, 2.45) is 17.8 Å². The molecule has 0 spiro atoms. The molecule has 7 nitrogen and oxygen atoms in total. The number of carbonyl (C=O) groups is 2. The molecule has 0 radical (unpaired) electrons. The first-order chi connectivity index (χ1) is 15.3. The minimum absolute atomic E-state index is 0.00543.